The normalized spacial score (nSPS) is 11.2. The molecule has 0 saturated heterocycles. The second kappa shape index (κ2) is 9.00. The molecule has 4 nitrogen and oxygen atoms in total. The molecule has 0 saturated carbocycles. The standard InChI is InChI=1S/C16H25ClN2O2/c1-11(2)10-21-7-5-6-18-16(20)13-8-14(12(3)4)19-15(17)9-13/h8-9,11-12H,5-7,10H2,1-4H3,(H,18,20). The topological polar surface area (TPSA) is 51.2 Å². The van der Waals surface area contributed by atoms with Gasteiger partial charge >= 0.3 is 0 Å². The summed E-state index contributed by atoms with van der Waals surface area (Å²) in [5.74, 6) is 0.651. The van der Waals surface area contributed by atoms with Gasteiger partial charge in [-0.05, 0) is 30.4 Å². The van der Waals surface area contributed by atoms with Crippen molar-refractivity contribution in [3.63, 3.8) is 0 Å². The largest absolute Gasteiger partial charge is 0.381 e. The van der Waals surface area contributed by atoms with Gasteiger partial charge in [0.05, 0.1) is 0 Å². The molecule has 0 radical (unpaired) electrons. The van der Waals surface area contributed by atoms with Crippen LogP contribution >= 0.6 is 11.6 Å². The Balaban J connectivity index is 2.42. The number of nitrogens with zero attached hydrogens (tertiary/aromatic N) is 1. The van der Waals surface area contributed by atoms with Crippen LogP contribution < -0.4 is 5.32 Å². The van der Waals surface area contributed by atoms with E-state index in [9.17, 15) is 4.79 Å². The molecule has 0 aromatic carbocycles. The quantitative estimate of drug-likeness (QED) is 0.589. The predicted octanol–water partition coefficient (Wildman–Crippen LogP) is 3.65. The molecule has 5 heteroatoms. The van der Waals surface area contributed by atoms with Crippen LogP contribution in [0.15, 0.2) is 12.1 Å². The fraction of sp³-hybridized carbons (Fsp3) is 0.625. The first-order valence-electron chi connectivity index (χ1n) is 7.43. The number of halogens is 1. The van der Waals surface area contributed by atoms with E-state index in [1.165, 1.54) is 0 Å². The predicted molar refractivity (Wildman–Crippen MR) is 85.9 cm³/mol. The number of amides is 1. The van der Waals surface area contributed by atoms with Gasteiger partial charge in [0.1, 0.15) is 5.15 Å². The molecule has 1 amide bonds. The van der Waals surface area contributed by atoms with Crippen LogP contribution in [0.4, 0.5) is 0 Å². The van der Waals surface area contributed by atoms with Crippen LogP contribution in [0.2, 0.25) is 5.15 Å². The highest BCUT2D eigenvalue weighted by Crippen LogP contribution is 2.17. The molecule has 0 spiro atoms. The highest BCUT2D eigenvalue weighted by atomic mass is 35.5. The van der Waals surface area contributed by atoms with E-state index in [-0.39, 0.29) is 11.8 Å². The maximum absolute atomic E-state index is 12.1. The van der Waals surface area contributed by atoms with Crippen molar-refractivity contribution in [1.29, 1.82) is 0 Å². The summed E-state index contributed by atoms with van der Waals surface area (Å²) in [5.41, 5.74) is 1.38. The van der Waals surface area contributed by atoms with Gasteiger partial charge in [0, 0.05) is 31.0 Å². The Kier molecular flexibility index (Phi) is 7.68. The van der Waals surface area contributed by atoms with Crippen molar-refractivity contribution in [2.24, 2.45) is 5.92 Å². The molecular weight excluding hydrogens is 288 g/mol. The summed E-state index contributed by atoms with van der Waals surface area (Å²) in [7, 11) is 0. The van der Waals surface area contributed by atoms with E-state index in [4.69, 9.17) is 16.3 Å². The summed E-state index contributed by atoms with van der Waals surface area (Å²) in [6.07, 6.45) is 0.800. The van der Waals surface area contributed by atoms with Gasteiger partial charge in [0.2, 0.25) is 0 Å². The molecule has 0 atom stereocenters. The van der Waals surface area contributed by atoms with Crippen LogP contribution in [-0.2, 0) is 4.74 Å². The SMILES string of the molecule is CC(C)COCCCNC(=O)c1cc(Cl)nc(C(C)C)c1. The van der Waals surface area contributed by atoms with Gasteiger partial charge < -0.3 is 10.1 Å². The Morgan fingerprint density at radius 3 is 2.67 bits per heavy atom. The van der Waals surface area contributed by atoms with Crippen molar-refractivity contribution in [3.05, 3.63) is 28.5 Å². The maximum Gasteiger partial charge on any atom is 0.251 e. The molecule has 1 aromatic heterocycles. The molecule has 0 fully saturated rings. The zero-order chi connectivity index (χ0) is 15.8. The number of rotatable bonds is 8. The minimum absolute atomic E-state index is 0.120. The average Bonchev–Trinajstić information content (AvgIpc) is 2.41. The molecule has 1 aromatic rings. The fourth-order valence-corrected chi connectivity index (χ4v) is 1.96. The minimum Gasteiger partial charge on any atom is -0.381 e. The number of carbonyl (C=O) groups excluding carboxylic acids is 1. The molecule has 1 rings (SSSR count). The van der Waals surface area contributed by atoms with Crippen LogP contribution in [-0.4, -0.2) is 30.6 Å². The minimum atomic E-state index is -0.120. The lowest BCUT2D eigenvalue weighted by Gasteiger charge is -2.10. The van der Waals surface area contributed by atoms with Gasteiger partial charge in [-0.15, -0.1) is 0 Å². The van der Waals surface area contributed by atoms with Crippen LogP contribution in [0, 0.1) is 5.92 Å². The number of hydrogen-bond acceptors (Lipinski definition) is 3. The summed E-state index contributed by atoms with van der Waals surface area (Å²) in [4.78, 5) is 16.3. The van der Waals surface area contributed by atoms with Crippen molar-refractivity contribution >= 4 is 17.5 Å². The van der Waals surface area contributed by atoms with Gasteiger partial charge in [0.25, 0.3) is 5.91 Å². The van der Waals surface area contributed by atoms with Crippen LogP contribution in [0.3, 0.4) is 0 Å². The second-order valence-electron chi connectivity index (χ2n) is 5.84. The first-order valence-corrected chi connectivity index (χ1v) is 7.81. The van der Waals surface area contributed by atoms with Crippen LogP contribution in [0.5, 0.6) is 0 Å². The average molecular weight is 313 g/mol. The van der Waals surface area contributed by atoms with E-state index in [1.54, 1.807) is 12.1 Å². The number of nitrogens with one attached hydrogen (secondary N) is 1. The Hall–Kier alpha value is -1.13. The monoisotopic (exact) mass is 312 g/mol. The third-order valence-electron chi connectivity index (χ3n) is 2.87. The molecule has 0 bridgehead atoms. The Bertz CT molecular complexity index is 462. The zero-order valence-corrected chi connectivity index (χ0v) is 14.0. The van der Waals surface area contributed by atoms with E-state index in [0.29, 0.717) is 29.8 Å². The first-order chi connectivity index (χ1) is 9.90. The lowest BCUT2D eigenvalue weighted by molar-refractivity contribution is 0.0924. The lowest BCUT2D eigenvalue weighted by Crippen LogP contribution is -2.25. The molecule has 0 aliphatic carbocycles. The molecule has 118 valence electrons. The number of pyridine rings is 1. The third kappa shape index (κ3) is 6.91. The van der Waals surface area contributed by atoms with E-state index < -0.39 is 0 Å². The molecule has 1 heterocycles. The highest BCUT2D eigenvalue weighted by Gasteiger charge is 2.10. The Morgan fingerprint density at radius 1 is 1.33 bits per heavy atom. The first kappa shape index (κ1) is 17.9. The molecule has 0 aliphatic rings. The van der Waals surface area contributed by atoms with E-state index in [1.807, 2.05) is 13.8 Å². The van der Waals surface area contributed by atoms with Crippen molar-refractivity contribution in [3.8, 4) is 0 Å². The summed E-state index contributed by atoms with van der Waals surface area (Å²) >= 11 is 5.96. The van der Waals surface area contributed by atoms with E-state index in [2.05, 4.69) is 24.1 Å². The number of carbonyl (C=O) groups is 1. The van der Waals surface area contributed by atoms with Gasteiger partial charge in [-0.3, -0.25) is 4.79 Å². The van der Waals surface area contributed by atoms with Gasteiger partial charge in [-0.1, -0.05) is 39.3 Å². The summed E-state index contributed by atoms with van der Waals surface area (Å²) in [5, 5.41) is 3.23. The maximum atomic E-state index is 12.1. The summed E-state index contributed by atoms with van der Waals surface area (Å²) in [6, 6.07) is 3.39. The van der Waals surface area contributed by atoms with Crippen molar-refractivity contribution in [2.45, 2.75) is 40.0 Å². The number of ether oxygens (including phenoxy) is 1. The number of aromatic nitrogens is 1. The zero-order valence-electron chi connectivity index (χ0n) is 13.3. The Labute approximate surface area is 132 Å². The van der Waals surface area contributed by atoms with Crippen molar-refractivity contribution in [1.82, 2.24) is 10.3 Å². The van der Waals surface area contributed by atoms with Crippen LogP contribution in [0.1, 0.15) is 56.1 Å². The van der Waals surface area contributed by atoms with Gasteiger partial charge in [-0.2, -0.15) is 0 Å². The smallest absolute Gasteiger partial charge is 0.251 e. The number of hydrogen-bond donors (Lipinski definition) is 1. The molecule has 1 N–H and O–H groups in total. The molecule has 0 aliphatic heterocycles. The molecule has 21 heavy (non-hydrogen) atoms. The summed E-state index contributed by atoms with van der Waals surface area (Å²) < 4.78 is 5.47. The van der Waals surface area contributed by atoms with Crippen molar-refractivity contribution < 1.29 is 9.53 Å². The summed E-state index contributed by atoms with van der Waals surface area (Å²) in [6.45, 7) is 10.3. The van der Waals surface area contributed by atoms with Crippen LogP contribution in [0.25, 0.3) is 0 Å². The third-order valence-corrected chi connectivity index (χ3v) is 3.06. The lowest BCUT2D eigenvalue weighted by atomic mass is 10.1. The highest BCUT2D eigenvalue weighted by molar-refractivity contribution is 6.29. The Morgan fingerprint density at radius 2 is 2.05 bits per heavy atom. The fourth-order valence-electron chi connectivity index (χ4n) is 1.74. The molecule has 0 unspecified atom stereocenters. The van der Waals surface area contributed by atoms with E-state index >= 15 is 0 Å². The van der Waals surface area contributed by atoms with Gasteiger partial charge in [0.15, 0.2) is 0 Å². The molecular formula is C16H25ClN2O2. The van der Waals surface area contributed by atoms with Crippen molar-refractivity contribution in [2.75, 3.05) is 19.8 Å². The second-order valence-corrected chi connectivity index (χ2v) is 6.22. The van der Waals surface area contributed by atoms with Gasteiger partial charge in [-0.25, -0.2) is 4.98 Å². The van der Waals surface area contributed by atoms with E-state index in [0.717, 1.165) is 18.7 Å².